The number of hydrogen-bond donors (Lipinski definition) is 1. The van der Waals surface area contributed by atoms with Crippen LogP contribution in [0, 0.1) is 11.6 Å². The van der Waals surface area contributed by atoms with Crippen molar-refractivity contribution in [2.24, 2.45) is 0 Å². The lowest BCUT2D eigenvalue weighted by Gasteiger charge is -2.43. The first-order chi connectivity index (χ1) is 12.8. The van der Waals surface area contributed by atoms with Gasteiger partial charge in [0.05, 0.1) is 22.5 Å². The number of carbonyl (C=O) groups excluding carboxylic acids is 2. The number of rotatable bonds is 2. The topological polar surface area (TPSA) is 65.6 Å². The summed E-state index contributed by atoms with van der Waals surface area (Å²) in [5, 5.41) is -0.492. The average molecular weight is 398 g/mol. The highest BCUT2D eigenvalue weighted by molar-refractivity contribution is 6.35. The van der Waals surface area contributed by atoms with Gasteiger partial charge in [0.1, 0.15) is 17.1 Å². The van der Waals surface area contributed by atoms with Crippen LogP contribution in [0.1, 0.15) is 23.8 Å². The molecule has 0 spiro atoms. The van der Waals surface area contributed by atoms with Crippen molar-refractivity contribution in [3.05, 3.63) is 34.5 Å². The SMILES string of the molecule is C[C@]1(C(=O)N2CCN(C(=O)c3[nH]c4ccc(F)c(Cl)c4c3F)CC2)CCO1. The van der Waals surface area contributed by atoms with Crippen LogP contribution in [0.2, 0.25) is 5.02 Å². The molecule has 2 aliphatic rings. The number of amides is 2. The molecule has 144 valence electrons. The first-order valence-electron chi connectivity index (χ1n) is 8.69. The van der Waals surface area contributed by atoms with Crippen molar-refractivity contribution in [1.82, 2.24) is 14.8 Å². The third kappa shape index (κ3) is 2.87. The number of ether oxygens (including phenoxy) is 1. The van der Waals surface area contributed by atoms with Crippen molar-refractivity contribution in [1.29, 1.82) is 0 Å². The molecule has 2 aromatic rings. The predicted molar refractivity (Wildman–Crippen MR) is 94.7 cm³/mol. The Morgan fingerprint density at radius 3 is 2.41 bits per heavy atom. The standard InChI is InChI=1S/C18H18ClF2N3O3/c1-18(4-9-27-18)17(26)24-7-5-23(6-8-24)16(25)15-14(21)12-11(22-15)3-2-10(20)13(12)19/h2-3,22H,4-9H2,1H3/t18-/m1/s1. The summed E-state index contributed by atoms with van der Waals surface area (Å²) < 4.78 is 33.6. The van der Waals surface area contributed by atoms with Gasteiger partial charge in [-0.25, -0.2) is 8.78 Å². The van der Waals surface area contributed by atoms with Gasteiger partial charge in [-0.15, -0.1) is 0 Å². The van der Waals surface area contributed by atoms with E-state index in [0.717, 1.165) is 6.07 Å². The van der Waals surface area contributed by atoms with E-state index < -0.39 is 23.1 Å². The second kappa shape index (κ2) is 6.45. The fourth-order valence-corrected chi connectivity index (χ4v) is 3.76. The number of H-pyrrole nitrogens is 1. The lowest BCUT2D eigenvalue weighted by molar-refractivity contribution is -0.183. The highest BCUT2D eigenvalue weighted by Crippen LogP contribution is 2.31. The smallest absolute Gasteiger partial charge is 0.273 e. The molecule has 1 aromatic carbocycles. The third-order valence-electron chi connectivity index (χ3n) is 5.31. The van der Waals surface area contributed by atoms with Crippen LogP contribution >= 0.6 is 11.6 Å². The van der Waals surface area contributed by atoms with Crippen LogP contribution < -0.4 is 0 Å². The molecule has 2 saturated heterocycles. The molecule has 27 heavy (non-hydrogen) atoms. The molecule has 2 aliphatic heterocycles. The molecule has 0 saturated carbocycles. The molecule has 9 heteroatoms. The first-order valence-corrected chi connectivity index (χ1v) is 9.07. The van der Waals surface area contributed by atoms with E-state index in [1.807, 2.05) is 0 Å². The van der Waals surface area contributed by atoms with Gasteiger partial charge in [-0.3, -0.25) is 9.59 Å². The molecule has 3 heterocycles. The number of piperazine rings is 1. The Morgan fingerprint density at radius 1 is 1.19 bits per heavy atom. The van der Waals surface area contributed by atoms with E-state index in [2.05, 4.69) is 4.98 Å². The Balaban J connectivity index is 1.50. The quantitative estimate of drug-likeness (QED) is 0.847. The minimum absolute atomic E-state index is 0.0834. The molecule has 2 fully saturated rings. The molecule has 0 aliphatic carbocycles. The number of fused-ring (bicyclic) bond motifs is 1. The van der Waals surface area contributed by atoms with Gasteiger partial charge in [0.15, 0.2) is 5.82 Å². The fourth-order valence-electron chi connectivity index (χ4n) is 3.51. The van der Waals surface area contributed by atoms with Crippen LogP contribution in [-0.2, 0) is 9.53 Å². The van der Waals surface area contributed by atoms with Crippen molar-refractivity contribution in [2.75, 3.05) is 32.8 Å². The zero-order valence-electron chi connectivity index (χ0n) is 14.7. The van der Waals surface area contributed by atoms with Crippen LogP contribution in [-0.4, -0.2) is 65.0 Å². The first kappa shape index (κ1) is 18.2. The van der Waals surface area contributed by atoms with Crippen molar-refractivity contribution < 1.29 is 23.1 Å². The molecule has 2 amide bonds. The van der Waals surface area contributed by atoms with Gasteiger partial charge in [-0.05, 0) is 19.1 Å². The molecular weight excluding hydrogens is 380 g/mol. The largest absolute Gasteiger partial charge is 0.365 e. The molecule has 4 rings (SSSR count). The van der Waals surface area contributed by atoms with Crippen LogP contribution in [0.25, 0.3) is 10.9 Å². The van der Waals surface area contributed by atoms with Crippen LogP contribution in [0.4, 0.5) is 8.78 Å². The van der Waals surface area contributed by atoms with Gasteiger partial charge >= 0.3 is 0 Å². The number of nitrogens with one attached hydrogen (secondary N) is 1. The maximum absolute atomic E-state index is 14.7. The maximum atomic E-state index is 14.7. The van der Waals surface area contributed by atoms with Gasteiger partial charge in [-0.1, -0.05) is 11.6 Å². The molecular formula is C18H18ClF2N3O3. The van der Waals surface area contributed by atoms with E-state index in [1.54, 1.807) is 11.8 Å². The van der Waals surface area contributed by atoms with Gasteiger partial charge in [0.25, 0.3) is 11.8 Å². The number of aromatic amines is 1. The Kier molecular flexibility index (Phi) is 4.35. The number of benzene rings is 1. The minimum Gasteiger partial charge on any atom is -0.365 e. The van der Waals surface area contributed by atoms with Crippen molar-refractivity contribution in [3.63, 3.8) is 0 Å². The second-order valence-electron chi connectivity index (χ2n) is 7.01. The third-order valence-corrected chi connectivity index (χ3v) is 5.68. The minimum atomic E-state index is -0.867. The highest BCUT2D eigenvalue weighted by atomic mass is 35.5. The van der Waals surface area contributed by atoms with Crippen LogP contribution in [0.5, 0.6) is 0 Å². The monoisotopic (exact) mass is 397 g/mol. The fraction of sp³-hybridized carbons (Fsp3) is 0.444. The van der Waals surface area contributed by atoms with Gasteiger partial charge in [-0.2, -0.15) is 0 Å². The van der Waals surface area contributed by atoms with Crippen molar-refractivity contribution in [2.45, 2.75) is 18.9 Å². The number of carbonyl (C=O) groups is 2. The maximum Gasteiger partial charge on any atom is 0.273 e. The van der Waals surface area contributed by atoms with E-state index in [4.69, 9.17) is 16.3 Å². The molecule has 0 bridgehead atoms. The number of nitrogens with zero attached hydrogens (tertiary/aromatic N) is 2. The Hall–Kier alpha value is -2.19. The van der Waals surface area contributed by atoms with E-state index in [0.29, 0.717) is 26.1 Å². The second-order valence-corrected chi connectivity index (χ2v) is 7.39. The lowest BCUT2D eigenvalue weighted by atomic mass is 9.95. The summed E-state index contributed by atoms with van der Waals surface area (Å²) in [5.41, 5.74) is -0.770. The zero-order chi connectivity index (χ0) is 19.3. The molecule has 6 nitrogen and oxygen atoms in total. The van der Waals surface area contributed by atoms with E-state index in [9.17, 15) is 18.4 Å². The van der Waals surface area contributed by atoms with E-state index in [1.165, 1.54) is 11.0 Å². The average Bonchev–Trinajstić information content (AvgIpc) is 2.99. The Bertz CT molecular complexity index is 934. The summed E-state index contributed by atoms with van der Waals surface area (Å²) in [7, 11) is 0. The van der Waals surface area contributed by atoms with Gasteiger partial charge in [0, 0.05) is 32.6 Å². The summed E-state index contributed by atoms with van der Waals surface area (Å²) in [4.78, 5) is 31.0. The van der Waals surface area contributed by atoms with Crippen molar-refractivity contribution in [3.8, 4) is 0 Å². The normalized spacial score (nSPS) is 22.8. The summed E-state index contributed by atoms with van der Waals surface area (Å²) in [6.45, 7) is 3.58. The highest BCUT2D eigenvalue weighted by Gasteiger charge is 2.44. The number of aromatic nitrogens is 1. The number of halogens is 3. The molecule has 1 atom stereocenters. The molecule has 0 radical (unpaired) electrons. The summed E-state index contributed by atoms with van der Waals surface area (Å²) in [5.74, 6) is -2.24. The van der Waals surface area contributed by atoms with Crippen molar-refractivity contribution >= 4 is 34.3 Å². The van der Waals surface area contributed by atoms with E-state index >= 15 is 0 Å². The summed E-state index contributed by atoms with van der Waals surface area (Å²) >= 11 is 5.84. The molecule has 1 aromatic heterocycles. The van der Waals surface area contributed by atoms with Gasteiger partial charge in [0.2, 0.25) is 0 Å². The summed E-state index contributed by atoms with van der Waals surface area (Å²) in [6, 6.07) is 2.45. The Labute approximate surface area is 159 Å². The van der Waals surface area contributed by atoms with Gasteiger partial charge < -0.3 is 19.5 Å². The molecule has 0 unspecified atom stereocenters. The predicted octanol–water partition coefficient (Wildman–Crippen LogP) is 2.56. The zero-order valence-corrected chi connectivity index (χ0v) is 15.4. The van der Waals surface area contributed by atoms with E-state index in [-0.39, 0.29) is 40.6 Å². The lowest BCUT2D eigenvalue weighted by Crippen LogP contribution is -2.59. The van der Waals surface area contributed by atoms with Crippen LogP contribution in [0.3, 0.4) is 0 Å². The molecule has 1 N–H and O–H groups in total. The Morgan fingerprint density at radius 2 is 1.81 bits per heavy atom. The van der Waals surface area contributed by atoms with Crippen LogP contribution in [0.15, 0.2) is 12.1 Å². The number of hydrogen-bond acceptors (Lipinski definition) is 3. The summed E-state index contributed by atoms with van der Waals surface area (Å²) in [6.07, 6.45) is 0.683.